The van der Waals surface area contributed by atoms with E-state index in [1.54, 1.807) is 23.0 Å². The zero-order valence-electron chi connectivity index (χ0n) is 16.6. The maximum Gasteiger partial charge on any atom is 0.273 e. The first kappa shape index (κ1) is 18.6. The number of aromatic hydroxyl groups is 1. The lowest BCUT2D eigenvalue weighted by Gasteiger charge is -2.10. The van der Waals surface area contributed by atoms with Crippen LogP contribution in [0.4, 0.5) is 5.82 Å². The average Bonchev–Trinajstić information content (AvgIpc) is 3.22. The zero-order chi connectivity index (χ0) is 21.4. The molecule has 3 aromatic carbocycles. The predicted molar refractivity (Wildman–Crippen MR) is 118 cm³/mol. The molecule has 0 aliphatic rings. The Kier molecular flexibility index (Phi) is 4.44. The molecule has 0 saturated carbocycles. The fraction of sp³-hybridized carbons (Fsp3) is 0.0435. The number of nitrogens with one attached hydrogen (secondary N) is 2. The smallest absolute Gasteiger partial charge is 0.273 e. The standard InChI is InChI=1S/C23H18N6O2/c1-14-6-8-17(9-7-14)29-22-19(12-26-29)21(24-13-25-22)27-28-23(31)18-10-15-4-2-3-5-16(15)11-20(18)30/h2-13,30H,1H3,(H,28,31)(H,24,25,27). The highest BCUT2D eigenvalue weighted by atomic mass is 16.3. The van der Waals surface area contributed by atoms with E-state index < -0.39 is 5.91 Å². The van der Waals surface area contributed by atoms with Crippen LogP contribution in [0.2, 0.25) is 0 Å². The van der Waals surface area contributed by atoms with Crippen LogP contribution in [0.25, 0.3) is 27.5 Å². The quantitative estimate of drug-likeness (QED) is 0.390. The average molecular weight is 410 g/mol. The topological polar surface area (TPSA) is 105 Å². The number of carbonyl (C=O) groups is 1. The molecule has 152 valence electrons. The van der Waals surface area contributed by atoms with Gasteiger partial charge in [-0.15, -0.1) is 0 Å². The summed E-state index contributed by atoms with van der Waals surface area (Å²) in [4.78, 5) is 21.2. The number of benzene rings is 3. The third-order valence-electron chi connectivity index (χ3n) is 5.05. The number of hydrazine groups is 1. The van der Waals surface area contributed by atoms with Gasteiger partial charge in [0.05, 0.1) is 22.8 Å². The summed E-state index contributed by atoms with van der Waals surface area (Å²) in [7, 11) is 0. The summed E-state index contributed by atoms with van der Waals surface area (Å²) in [5.41, 5.74) is 8.19. The molecule has 0 aliphatic carbocycles. The molecular weight excluding hydrogens is 392 g/mol. The first-order valence-corrected chi connectivity index (χ1v) is 9.64. The minimum atomic E-state index is -0.485. The van der Waals surface area contributed by atoms with Gasteiger partial charge in [0.15, 0.2) is 11.5 Å². The lowest BCUT2D eigenvalue weighted by molar-refractivity contribution is 0.0960. The van der Waals surface area contributed by atoms with E-state index in [9.17, 15) is 9.90 Å². The van der Waals surface area contributed by atoms with Gasteiger partial charge in [-0.25, -0.2) is 14.6 Å². The highest BCUT2D eigenvalue weighted by molar-refractivity contribution is 6.02. The van der Waals surface area contributed by atoms with E-state index in [1.807, 2.05) is 55.5 Å². The minimum Gasteiger partial charge on any atom is -0.507 e. The van der Waals surface area contributed by atoms with E-state index in [4.69, 9.17) is 0 Å². The van der Waals surface area contributed by atoms with Crippen LogP contribution < -0.4 is 10.9 Å². The van der Waals surface area contributed by atoms with E-state index >= 15 is 0 Å². The molecule has 0 atom stereocenters. The van der Waals surface area contributed by atoms with Crippen molar-refractivity contribution >= 4 is 33.5 Å². The molecule has 0 spiro atoms. The summed E-state index contributed by atoms with van der Waals surface area (Å²) in [6, 6.07) is 18.6. The third kappa shape index (κ3) is 3.40. The summed E-state index contributed by atoms with van der Waals surface area (Å²) >= 11 is 0. The van der Waals surface area contributed by atoms with Gasteiger partial charge in [0.2, 0.25) is 0 Å². The van der Waals surface area contributed by atoms with Gasteiger partial charge in [0.25, 0.3) is 5.91 Å². The first-order valence-electron chi connectivity index (χ1n) is 9.64. The zero-order valence-corrected chi connectivity index (χ0v) is 16.6. The number of amides is 1. The fourth-order valence-corrected chi connectivity index (χ4v) is 3.41. The number of hydrogen-bond acceptors (Lipinski definition) is 6. The Morgan fingerprint density at radius 2 is 1.74 bits per heavy atom. The number of nitrogens with zero attached hydrogens (tertiary/aromatic N) is 4. The normalized spacial score (nSPS) is 11.0. The second-order valence-electron chi connectivity index (χ2n) is 7.15. The van der Waals surface area contributed by atoms with Crippen molar-refractivity contribution in [2.24, 2.45) is 0 Å². The maximum absolute atomic E-state index is 12.7. The molecule has 2 aromatic heterocycles. The lowest BCUT2D eigenvalue weighted by Crippen LogP contribution is -2.30. The van der Waals surface area contributed by atoms with E-state index in [0.717, 1.165) is 22.0 Å². The molecule has 31 heavy (non-hydrogen) atoms. The molecule has 0 saturated heterocycles. The number of phenols is 1. The highest BCUT2D eigenvalue weighted by Crippen LogP contribution is 2.25. The molecule has 1 amide bonds. The largest absolute Gasteiger partial charge is 0.507 e. The van der Waals surface area contributed by atoms with E-state index in [0.29, 0.717) is 16.9 Å². The van der Waals surface area contributed by atoms with Gasteiger partial charge in [-0.05, 0) is 42.0 Å². The van der Waals surface area contributed by atoms with Gasteiger partial charge in [0, 0.05) is 0 Å². The van der Waals surface area contributed by atoms with Gasteiger partial charge < -0.3 is 5.11 Å². The van der Waals surface area contributed by atoms with Crippen LogP contribution in [0.5, 0.6) is 5.75 Å². The predicted octanol–water partition coefficient (Wildman–Crippen LogP) is 3.74. The van der Waals surface area contributed by atoms with Gasteiger partial charge in [0.1, 0.15) is 12.1 Å². The Hall–Kier alpha value is -4.46. The third-order valence-corrected chi connectivity index (χ3v) is 5.05. The van der Waals surface area contributed by atoms with Crippen molar-refractivity contribution < 1.29 is 9.90 Å². The minimum absolute atomic E-state index is 0.0991. The Morgan fingerprint density at radius 1 is 1.00 bits per heavy atom. The Labute approximate surface area is 177 Å². The van der Waals surface area contributed by atoms with Crippen molar-refractivity contribution in [3.05, 3.63) is 84.3 Å². The molecule has 5 rings (SSSR count). The molecule has 5 aromatic rings. The van der Waals surface area contributed by atoms with Crippen LogP contribution in [0.1, 0.15) is 15.9 Å². The SMILES string of the molecule is Cc1ccc(-n2ncc3c(NNC(=O)c4cc5ccccc5cc4O)ncnc32)cc1. The Bertz CT molecular complexity index is 1430. The second-order valence-corrected chi connectivity index (χ2v) is 7.15. The fourth-order valence-electron chi connectivity index (χ4n) is 3.41. The summed E-state index contributed by atoms with van der Waals surface area (Å²) in [5, 5.41) is 17.0. The number of anilines is 1. The van der Waals surface area contributed by atoms with Gasteiger partial charge in [-0.2, -0.15) is 5.10 Å². The van der Waals surface area contributed by atoms with Crippen LogP contribution >= 0.6 is 0 Å². The van der Waals surface area contributed by atoms with Crippen LogP contribution in [0, 0.1) is 6.92 Å². The summed E-state index contributed by atoms with van der Waals surface area (Å²) in [6.45, 7) is 2.02. The molecule has 8 heteroatoms. The van der Waals surface area contributed by atoms with E-state index in [-0.39, 0.29) is 11.3 Å². The second kappa shape index (κ2) is 7.42. The number of rotatable bonds is 4. The number of aromatic nitrogens is 4. The number of phenolic OH excluding ortho intramolecular Hbond substituents is 1. The van der Waals surface area contributed by atoms with Crippen molar-refractivity contribution in [3.8, 4) is 11.4 Å². The van der Waals surface area contributed by atoms with Crippen molar-refractivity contribution in [1.29, 1.82) is 0 Å². The van der Waals surface area contributed by atoms with Crippen molar-refractivity contribution in [3.63, 3.8) is 0 Å². The number of fused-ring (bicyclic) bond motifs is 2. The molecule has 0 aliphatic heterocycles. The molecule has 8 nitrogen and oxygen atoms in total. The van der Waals surface area contributed by atoms with Crippen LogP contribution in [-0.4, -0.2) is 30.8 Å². The molecule has 0 fully saturated rings. The molecule has 2 heterocycles. The number of carbonyl (C=O) groups excluding carboxylic acids is 1. The van der Waals surface area contributed by atoms with Crippen LogP contribution in [-0.2, 0) is 0 Å². The maximum atomic E-state index is 12.7. The van der Waals surface area contributed by atoms with Gasteiger partial charge >= 0.3 is 0 Å². The monoisotopic (exact) mass is 410 g/mol. The van der Waals surface area contributed by atoms with E-state index in [1.165, 1.54) is 6.33 Å². The molecule has 0 bridgehead atoms. The summed E-state index contributed by atoms with van der Waals surface area (Å²) in [6.07, 6.45) is 3.04. The molecule has 3 N–H and O–H groups in total. The Balaban J connectivity index is 1.42. The van der Waals surface area contributed by atoms with E-state index in [2.05, 4.69) is 25.9 Å². The Morgan fingerprint density at radius 3 is 2.52 bits per heavy atom. The highest BCUT2D eigenvalue weighted by Gasteiger charge is 2.15. The molecular formula is C23H18N6O2. The van der Waals surface area contributed by atoms with Gasteiger partial charge in [-0.1, -0.05) is 42.0 Å². The lowest BCUT2D eigenvalue weighted by atomic mass is 10.1. The summed E-state index contributed by atoms with van der Waals surface area (Å²) in [5.74, 6) is -0.184. The molecule has 0 unspecified atom stereocenters. The van der Waals surface area contributed by atoms with Gasteiger partial charge in [-0.3, -0.25) is 15.6 Å². The number of hydrogen-bond donors (Lipinski definition) is 3. The van der Waals surface area contributed by atoms with Crippen LogP contribution in [0.3, 0.4) is 0 Å². The van der Waals surface area contributed by atoms with Crippen LogP contribution in [0.15, 0.2) is 73.2 Å². The summed E-state index contributed by atoms with van der Waals surface area (Å²) < 4.78 is 1.71. The van der Waals surface area contributed by atoms with Crippen molar-refractivity contribution in [2.45, 2.75) is 6.92 Å². The van der Waals surface area contributed by atoms with Crippen molar-refractivity contribution in [1.82, 2.24) is 25.2 Å². The molecule has 0 radical (unpaired) electrons. The van der Waals surface area contributed by atoms with Crippen molar-refractivity contribution in [2.75, 3.05) is 5.43 Å². The number of aryl methyl sites for hydroxylation is 1. The first-order chi connectivity index (χ1) is 15.1.